The molecule has 0 radical (unpaired) electrons. The van der Waals surface area contributed by atoms with Crippen molar-refractivity contribution in [1.82, 2.24) is 16.0 Å². The molecule has 0 spiro atoms. The number of amides is 4. The number of carboxylic acid groups (broad SMARTS) is 1. The van der Waals surface area contributed by atoms with Crippen LogP contribution in [0.1, 0.15) is 25.8 Å². The first-order valence-corrected chi connectivity index (χ1v) is 9.81. The topological polar surface area (TPSA) is 134 Å². The number of hydrogen-bond acceptors (Lipinski definition) is 6. The van der Waals surface area contributed by atoms with Crippen LogP contribution in [0.3, 0.4) is 0 Å². The Kier molecular flexibility index (Phi) is 10.5. The van der Waals surface area contributed by atoms with Crippen molar-refractivity contribution in [2.75, 3.05) is 11.5 Å². The molecule has 0 aromatic heterocycles. The first kappa shape index (κ1) is 23.3. The summed E-state index contributed by atoms with van der Waals surface area (Å²) in [5.74, 6) is -1.38. The Morgan fingerprint density at radius 3 is 2.39 bits per heavy atom. The average Bonchev–Trinajstić information content (AvgIpc) is 2.62. The summed E-state index contributed by atoms with van der Waals surface area (Å²) in [5, 5.41) is 16.2. The zero-order valence-electron chi connectivity index (χ0n) is 15.8. The van der Waals surface area contributed by atoms with Gasteiger partial charge in [-0.3, -0.25) is 10.1 Å². The van der Waals surface area contributed by atoms with E-state index in [0.717, 1.165) is 17.3 Å². The van der Waals surface area contributed by atoms with E-state index in [1.54, 1.807) is 38.1 Å². The van der Waals surface area contributed by atoms with Crippen LogP contribution in [0, 0.1) is 0 Å². The number of rotatable bonds is 10. The van der Waals surface area contributed by atoms with E-state index in [9.17, 15) is 24.3 Å². The number of aliphatic carboxylic acids is 1. The van der Waals surface area contributed by atoms with E-state index >= 15 is 0 Å². The van der Waals surface area contributed by atoms with E-state index in [-0.39, 0.29) is 24.8 Å². The Hall–Kier alpha value is -2.75. The highest BCUT2D eigenvalue weighted by Crippen LogP contribution is 2.06. The molecule has 1 aromatic rings. The molecule has 10 heteroatoms. The lowest BCUT2D eigenvalue weighted by Gasteiger charge is -2.14. The largest absolute Gasteiger partial charge is 0.480 e. The van der Waals surface area contributed by atoms with Crippen LogP contribution in [-0.4, -0.2) is 52.7 Å². The Balaban J connectivity index is 2.28. The molecule has 0 aliphatic carbocycles. The SMILES string of the molecule is CC(C)NC(=O)NC(=O)CSCCC(NC(=O)OCc1ccccc1)C(=O)O. The van der Waals surface area contributed by atoms with Crippen molar-refractivity contribution in [2.45, 2.75) is 39.0 Å². The van der Waals surface area contributed by atoms with Crippen molar-refractivity contribution in [3.8, 4) is 0 Å². The number of thioether (sulfide) groups is 1. The minimum absolute atomic E-state index is 0.00366. The lowest BCUT2D eigenvalue weighted by Crippen LogP contribution is -2.43. The Morgan fingerprint density at radius 2 is 1.79 bits per heavy atom. The van der Waals surface area contributed by atoms with Crippen molar-refractivity contribution < 1.29 is 29.0 Å². The predicted octanol–water partition coefficient (Wildman–Crippen LogP) is 1.72. The monoisotopic (exact) mass is 411 g/mol. The van der Waals surface area contributed by atoms with Gasteiger partial charge in [-0.1, -0.05) is 30.3 Å². The van der Waals surface area contributed by atoms with Gasteiger partial charge in [0.2, 0.25) is 5.91 Å². The van der Waals surface area contributed by atoms with Gasteiger partial charge in [-0.15, -0.1) is 0 Å². The lowest BCUT2D eigenvalue weighted by atomic mass is 10.2. The Bertz CT molecular complexity index is 669. The molecule has 0 aliphatic heterocycles. The third kappa shape index (κ3) is 10.4. The molecule has 1 rings (SSSR count). The van der Waals surface area contributed by atoms with Crippen LogP contribution >= 0.6 is 11.8 Å². The molecule has 0 aliphatic rings. The number of imide groups is 1. The van der Waals surface area contributed by atoms with Crippen LogP contribution in [0.2, 0.25) is 0 Å². The molecule has 1 unspecified atom stereocenters. The van der Waals surface area contributed by atoms with E-state index in [1.165, 1.54) is 0 Å². The number of hydrogen-bond donors (Lipinski definition) is 4. The number of carboxylic acids is 1. The summed E-state index contributed by atoms with van der Waals surface area (Å²) in [6.45, 7) is 3.57. The van der Waals surface area contributed by atoms with Gasteiger partial charge in [0.25, 0.3) is 0 Å². The summed E-state index contributed by atoms with van der Waals surface area (Å²) in [7, 11) is 0. The highest BCUT2D eigenvalue weighted by Gasteiger charge is 2.20. The second-order valence-corrected chi connectivity index (χ2v) is 7.22. The molecule has 4 amide bonds. The summed E-state index contributed by atoms with van der Waals surface area (Å²) in [5.41, 5.74) is 0.785. The quantitative estimate of drug-likeness (QED) is 0.431. The van der Waals surface area contributed by atoms with Gasteiger partial charge in [-0.05, 0) is 31.6 Å². The molecule has 0 heterocycles. The standard InChI is InChI=1S/C18H25N3O6S/c1-12(2)19-17(25)21-15(22)11-28-9-8-14(16(23)24)20-18(26)27-10-13-6-4-3-5-7-13/h3-7,12,14H,8-11H2,1-2H3,(H,20,26)(H,23,24)(H2,19,21,22,25). The molecule has 1 aromatic carbocycles. The maximum atomic E-state index is 11.8. The molecule has 28 heavy (non-hydrogen) atoms. The molecule has 9 nitrogen and oxygen atoms in total. The summed E-state index contributed by atoms with van der Waals surface area (Å²) in [6.07, 6.45) is -0.726. The van der Waals surface area contributed by atoms with Crippen molar-refractivity contribution in [1.29, 1.82) is 0 Å². The van der Waals surface area contributed by atoms with Gasteiger partial charge in [0.15, 0.2) is 0 Å². The number of carbonyl (C=O) groups excluding carboxylic acids is 3. The number of carbonyl (C=O) groups is 4. The summed E-state index contributed by atoms with van der Waals surface area (Å²) < 4.78 is 5.00. The normalized spacial score (nSPS) is 11.4. The summed E-state index contributed by atoms with van der Waals surface area (Å²) in [6, 6.07) is 7.20. The first-order valence-electron chi connectivity index (χ1n) is 8.66. The number of alkyl carbamates (subject to hydrolysis) is 1. The number of urea groups is 1. The van der Waals surface area contributed by atoms with Crippen LogP contribution in [0.5, 0.6) is 0 Å². The smallest absolute Gasteiger partial charge is 0.408 e. The maximum Gasteiger partial charge on any atom is 0.408 e. The van der Waals surface area contributed by atoms with Crippen LogP contribution in [-0.2, 0) is 20.9 Å². The average molecular weight is 411 g/mol. The first-order chi connectivity index (χ1) is 13.3. The van der Waals surface area contributed by atoms with Gasteiger partial charge in [0, 0.05) is 6.04 Å². The molecule has 1 atom stereocenters. The molecular formula is C18H25N3O6S. The summed E-state index contributed by atoms with van der Waals surface area (Å²) in [4.78, 5) is 46.0. The molecule has 0 saturated carbocycles. The van der Waals surface area contributed by atoms with Crippen LogP contribution in [0.4, 0.5) is 9.59 Å². The molecule has 0 saturated heterocycles. The number of nitrogens with one attached hydrogen (secondary N) is 3. The zero-order chi connectivity index (χ0) is 20.9. The lowest BCUT2D eigenvalue weighted by molar-refractivity contribution is -0.139. The second-order valence-electron chi connectivity index (χ2n) is 6.11. The fourth-order valence-corrected chi connectivity index (χ4v) is 2.80. The van der Waals surface area contributed by atoms with E-state index in [0.29, 0.717) is 5.75 Å². The number of ether oxygens (including phenoxy) is 1. The second kappa shape index (κ2) is 12.6. The van der Waals surface area contributed by atoms with Crippen molar-refractivity contribution >= 4 is 35.8 Å². The molecular weight excluding hydrogens is 386 g/mol. The van der Waals surface area contributed by atoms with Gasteiger partial charge in [0.1, 0.15) is 12.6 Å². The van der Waals surface area contributed by atoms with E-state index in [1.807, 2.05) is 6.07 Å². The van der Waals surface area contributed by atoms with Gasteiger partial charge >= 0.3 is 18.1 Å². The van der Waals surface area contributed by atoms with Crippen LogP contribution < -0.4 is 16.0 Å². The molecule has 154 valence electrons. The van der Waals surface area contributed by atoms with Crippen LogP contribution in [0.25, 0.3) is 0 Å². The fraction of sp³-hybridized carbons (Fsp3) is 0.444. The number of benzene rings is 1. The van der Waals surface area contributed by atoms with E-state index in [4.69, 9.17) is 4.74 Å². The van der Waals surface area contributed by atoms with Gasteiger partial charge < -0.3 is 20.5 Å². The zero-order valence-corrected chi connectivity index (χ0v) is 16.6. The fourth-order valence-electron chi connectivity index (χ4n) is 1.99. The predicted molar refractivity (Wildman–Crippen MR) is 105 cm³/mol. The van der Waals surface area contributed by atoms with Gasteiger partial charge in [0.05, 0.1) is 5.75 Å². The molecule has 0 fully saturated rings. The van der Waals surface area contributed by atoms with Crippen LogP contribution in [0.15, 0.2) is 30.3 Å². The molecule has 4 N–H and O–H groups in total. The third-order valence-electron chi connectivity index (χ3n) is 3.26. The highest BCUT2D eigenvalue weighted by atomic mass is 32.2. The third-order valence-corrected chi connectivity index (χ3v) is 4.25. The van der Waals surface area contributed by atoms with E-state index < -0.39 is 30.0 Å². The summed E-state index contributed by atoms with van der Waals surface area (Å²) >= 11 is 1.16. The van der Waals surface area contributed by atoms with E-state index in [2.05, 4.69) is 16.0 Å². The molecule has 0 bridgehead atoms. The van der Waals surface area contributed by atoms with Crippen molar-refractivity contribution in [2.24, 2.45) is 0 Å². The van der Waals surface area contributed by atoms with Crippen molar-refractivity contribution in [3.05, 3.63) is 35.9 Å². The minimum Gasteiger partial charge on any atom is -0.480 e. The van der Waals surface area contributed by atoms with Gasteiger partial charge in [-0.25, -0.2) is 14.4 Å². The maximum absolute atomic E-state index is 11.8. The minimum atomic E-state index is -1.20. The highest BCUT2D eigenvalue weighted by molar-refractivity contribution is 7.99. The Morgan fingerprint density at radius 1 is 1.11 bits per heavy atom. The van der Waals surface area contributed by atoms with Crippen molar-refractivity contribution in [3.63, 3.8) is 0 Å². The Labute approximate surface area is 167 Å². The van der Waals surface area contributed by atoms with Gasteiger partial charge in [-0.2, -0.15) is 11.8 Å².